The Balaban J connectivity index is 1.68. The topological polar surface area (TPSA) is 92.7 Å². The molecule has 1 aromatic carbocycles. The minimum Gasteiger partial charge on any atom is -0.342 e. The van der Waals surface area contributed by atoms with Gasteiger partial charge in [-0.15, -0.1) is 0 Å². The summed E-state index contributed by atoms with van der Waals surface area (Å²) in [5.41, 5.74) is 3.68. The lowest BCUT2D eigenvalue weighted by Crippen LogP contribution is -2.32. The quantitative estimate of drug-likeness (QED) is 0.449. The molecule has 0 saturated heterocycles. The van der Waals surface area contributed by atoms with E-state index in [0.29, 0.717) is 29.2 Å². The zero-order chi connectivity index (χ0) is 22.7. The van der Waals surface area contributed by atoms with E-state index in [0.717, 1.165) is 22.2 Å². The molecule has 164 valence electrons. The number of amides is 1. The lowest BCUT2D eigenvalue weighted by atomic mass is 10.1. The average molecular weight is 448 g/mol. The number of pyridine rings is 1. The van der Waals surface area contributed by atoms with Crippen molar-refractivity contribution in [1.82, 2.24) is 24.8 Å². The third-order valence-corrected chi connectivity index (χ3v) is 6.04. The van der Waals surface area contributed by atoms with E-state index in [4.69, 9.17) is 0 Å². The molecule has 0 radical (unpaired) electrons. The second kappa shape index (κ2) is 9.40. The number of fused-ring (bicyclic) bond motifs is 1. The number of benzene rings is 1. The molecule has 32 heavy (non-hydrogen) atoms. The molecule has 0 aliphatic carbocycles. The van der Waals surface area contributed by atoms with E-state index in [1.807, 2.05) is 49.1 Å². The average Bonchev–Trinajstić information content (AvgIpc) is 3.12. The largest absolute Gasteiger partial charge is 0.342 e. The molecule has 0 spiro atoms. The lowest BCUT2D eigenvalue weighted by molar-refractivity contribution is 0.0927. The Labute approximate surface area is 190 Å². The fraction of sp³-hybridized carbons (Fsp3) is 0.250. The van der Waals surface area contributed by atoms with Crippen LogP contribution in [0.1, 0.15) is 34.2 Å². The van der Waals surface area contributed by atoms with Crippen LogP contribution in [0.15, 0.2) is 59.7 Å². The van der Waals surface area contributed by atoms with Crippen LogP contribution in [-0.2, 0) is 7.05 Å². The Kier molecular flexibility index (Phi) is 6.41. The van der Waals surface area contributed by atoms with Gasteiger partial charge in [0.15, 0.2) is 0 Å². The van der Waals surface area contributed by atoms with Gasteiger partial charge < -0.3 is 14.9 Å². The SMILES string of the molecule is CSCC[C@H](NC(=O)c1cc2cc(C)ccc2n1C)c1cc(=O)[nH]c(-c2cccnc2)n1. The molecule has 1 amide bonds. The van der Waals surface area contributed by atoms with Crippen LogP contribution >= 0.6 is 11.8 Å². The zero-order valence-corrected chi connectivity index (χ0v) is 19.1. The molecule has 3 aromatic heterocycles. The van der Waals surface area contributed by atoms with Crippen molar-refractivity contribution in [3.8, 4) is 11.4 Å². The van der Waals surface area contributed by atoms with E-state index in [9.17, 15) is 9.59 Å². The van der Waals surface area contributed by atoms with Gasteiger partial charge in [-0.25, -0.2) is 4.98 Å². The Hall–Kier alpha value is -3.39. The van der Waals surface area contributed by atoms with Crippen LogP contribution in [0.4, 0.5) is 0 Å². The van der Waals surface area contributed by atoms with Gasteiger partial charge in [0.1, 0.15) is 11.5 Å². The monoisotopic (exact) mass is 447 g/mol. The first-order valence-electron chi connectivity index (χ1n) is 10.3. The molecule has 2 N–H and O–H groups in total. The van der Waals surface area contributed by atoms with Gasteiger partial charge >= 0.3 is 0 Å². The second-order valence-electron chi connectivity index (χ2n) is 7.72. The van der Waals surface area contributed by atoms with E-state index in [-0.39, 0.29) is 11.5 Å². The fourth-order valence-corrected chi connectivity index (χ4v) is 4.21. The summed E-state index contributed by atoms with van der Waals surface area (Å²) in [5, 5.41) is 4.12. The summed E-state index contributed by atoms with van der Waals surface area (Å²) in [6, 6.07) is 12.7. The summed E-state index contributed by atoms with van der Waals surface area (Å²) in [6.45, 7) is 2.03. The number of carbonyl (C=O) groups excluding carboxylic acids is 1. The Morgan fingerprint density at radius 3 is 2.84 bits per heavy atom. The number of carbonyl (C=O) groups is 1. The van der Waals surface area contributed by atoms with Crippen molar-refractivity contribution in [2.24, 2.45) is 7.05 Å². The van der Waals surface area contributed by atoms with Gasteiger partial charge in [-0.2, -0.15) is 11.8 Å². The summed E-state index contributed by atoms with van der Waals surface area (Å²) in [4.78, 5) is 37.1. The van der Waals surface area contributed by atoms with Crippen molar-refractivity contribution in [1.29, 1.82) is 0 Å². The molecule has 4 aromatic rings. The molecule has 0 bridgehead atoms. The summed E-state index contributed by atoms with van der Waals surface area (Å²) >= 11 is 1.68. The van der Waals surface area contributed by atoms with Crippen LogP contribution < -0.4 is 10.9 Å². The molecule has 0 saturated carbocycles. The number of nitrogens with zero attached hydrogens (tertiary/aromatic N) is 3. The summed E-state index contributed by atoms with van der Waals surface area (Å²) < 4.78 is 1.89. The maximum absolute atomic E-state index is 13.2. The van der Waals surface area contributed by atoms with E-state index in [1.165, 1.54) is 6.07 Å². The van der Waals surface area contributed by atoms with Crippen LogP contribution in [0.2, 0.25) is 0 Å². The molecule has 3 heterocycles. The number of rotatable bonds is 7. The Morgan fingerprint density at radius 2 is 2.09 bits per heavy atom. The number of aromatic amines is 1. The first-order chi connectivity index (χ1) is 15.5. The predicted molar refractivity (Wildman–Crippen MR) is 129 cm³/mol. The van der Waals surface area contributed by atoms with Crippen molar-refractivity contribution < 1.29 is 4.79 Å². The summed E-state index contributed by atoms with van der Waals surface area (Å²) in [5.74, 6) is 1.05. The highest BCUT2D eigenvalue weighted by Crippen LogP contribution is 2.23. The van der Waals surface area contributed by atoms with E-state index < -0.39 is 6.04 Å². The summed E-state index contributed by atoms with van der Waals surface area (Å²) in [6.07, 6.45) is 5.98. The van der Waals surface area contributed by atoms with Crippen molar-refractivity contribution >= 4 is 28.6 Å². The van der Waals surface area contributed by atoms with E-state index >= 15 is 0 Å². The molecule has 7 nitrogen and oxygen atoms in total. The van der Waals surface area contributed by atoms with Gasteiger partial charge in [-0.3, -0.25) is 14.6 Å². The predicted octanol–water partition coefficient (Wildman–Crippen LogP) is 3.86. The number of aryl methyl sites for hydroxylation is 2. The van der Waals surface area contributed by atoms with Gasteiger partial charge in [0.2, 0.25) is 0 Å². The zero-order valence-electron chi connectivity index (χ0n) is 18.3. The van der Waals surface area contributed by atoms with Gasteiger partial charge in [-0.1, -0.05) is 11.6 Å². The lowest BCUT2D eigenvalue weighted by Gasteiger charge is -2.19. The first-order valence-corrected chi connectivity index (χ1v) is 11.7. The number of aromatic nitrogens is 4. The molecule has 1 atom stereocenters. The number of thioether (sulfide) groups is 1. The highest BCUT2D eigenvalue weighted by Gasteiger charge is 2.21. The van der Waals surface area contributed by atoms with Crippen LogP contribution in [0.3, 0.4) is 0 Å². The van der Waals surface area contributed by atoms with Crippen LogP contribution in [-0.4, -0.2) is 37.4 Å². The minimum atomic E-state index is -0.396. The first kappa shape index (κ1) is 21.8. The molecule has 0 fully saturated rings. The van der Waals surface area contributed by atoms with Crippen molar-refractivity contribution in [3.05, 3.63) is 82.2 Å². The summed E-state index contributed by atoms with van der Waals surface area (Å²) in [7, 11) is 1.88. The van der Waals surface area contributed by atoms with Crippen LogP contribution in [0, 0.1) is 6.92 Å². The highest BCUT2D eigenvalue weighted by molar-refractivity contribution is 7.98. The molecule has 8 heteroatoms. The highest BCUT2D eigenvalue weighted by atomic mass is 32.2. The second-order valence-corrected chi connectivity index (χ2v) is 8.70. The molecular formula is C24H25N5O2S. The third kappa shape index (κ3) is 4.60. The number of nitrogens with one attached hydrogen (secondary N) is 2. The standard InChI is InChI=1S/C24H25N5O2S/c1-15-6-7-20-17(11-15)12-21(29(20)2)24(31)27-18(8-10-32-3)19-13-22(30)28-23(26-19)16-5-4-9-25-14-16/h4-7,9,11-14,18H,8,10H2,1-3H3,(H,27,31)(H,26,28,30)/t18-/m0/s1. The normalized spacial score (nSPS) is 12.1. The maximum Gasteiger partial charge on any atom is 0.268 e. The Bertz CT molecular complexity index is 1310. The van der Waals surface area contributed by atoms with Gasteiger partial charge in [0.25, 0.3) is 11.5 Å². The minimum absolute atomic E-state index is 0.197. The van der Waals surface area contributed by atoms with Gasteiger partial charge in [-0.05, 0) is 55.7 Å². The van der Waals surface area contributed by atoms with Crippen molar-refractivity contribution in [2.75, 3.05) is 12.0 Å². The fourth-order valence-electron chi connectivity index (χ4n) is 3.74. The number of hydrogen-bond donors (Lipinski definition) is 2. The van der Waals surface area contributed by atoms with Crippen LogP contribution in [0.25, 0.3) is 22.3 Å². The van der Waals surface area contributed by atoms with Gasteiger partial charge in [0.05, 0.1) is 11.7 Å². The number of H-pyrrole nitrogens is 1. The van der Waals surface area contributed by atoms with Gasteiger partial charge in [0, 0.05) is 42.0 Å². The smallest absolute Gasteiger partial charge is 0.268 e. The maximum atomic E-state index is 13.2. The third-order valence-electron chi connectivity index (χ3n) is 5.40. The van der Waals surface area contributed by atoms with E-state index in [1.54, 1.807) is 30.2 Å². The van der Waals surface area contributed by atoms with Crippen LogP contribution in [0.5, 0.6) is 0 Å². The molecular weight excluding hydrogens is 422 g/mol. The molecule has 0 aliphatic rings. The molecule has 0 unspecified atom stereocenters. The number of hydrogen-bond acceptors (Lipinski definition) is 5. The van der Waals surface area contributed by atoms with E-state index in [2.05, 4.69) is 26.3 Å². The van der Waals surface area contributed by atoms with Crippen molar-refractivity contribution in [2.45, 2.75) is 19.4 Å². The van der Waals surface area contributed by atoms with Crippen molar-refractivity contribution in [3.63, 3.8) is 0 Å². The molecule has 0 aliphatic heterocycles. The molecule has 4 rings (SSSR count). The Morgan fingerprint density at radius 1 is 1.25 bits per heavy atom.